The molecule has 0 aromatic rings. The highest BCUT2D eigenvalue weighted by Gasteiger charge is 2.26. The largest absolute Gasteiger partial charge is 0.302 e. The predicted octanol–water partition coefficient (Wildman–Crippen LogP) is 0.559. The lowest BCUT2D eigenvalue weighted by molar-refractivity contribution is 0.962. The highest BCUT2D eigenvalue weighted by atomic mass is 35.5. The van der Waals surface area contributed by atoms with Gasteiger partial charge in [0, 0.05) is 6.21 Å². The third-order valence-corrected chi connectivity index (χ3v) is 1.69. The maximum absolute atomic E-state index is 5.59. The second kappa shape index (κ2) is 2.25. The maximum Gasteiger partial charge on any atom is 0.180 e. The van der Waals surface area contributed by atoms with Gasteiger partial charge >= 0.3 is 0 Å². The fourth-order valence-electron chi connectivity index (χ4n) is 0.451. The molecule has 5 heteroatoms. The van der Waals surface area contributed by atoms with Gasteiger partial charge in [-0.2, -0.15) is 0 Å². The van der Waals surface area contributed by atoms with E-state index in [1.807, 2.05) is 0 Å². The monoisotopic (exact) mass is 165 g/mol. The zero-order chi connectivity index (χ0) is 6.91. The first-order valence-electron chi connectivity index (χ1n) is 2.32. The van der Waals surface area contributed by atoms with Crippen LogP contribution in [0.2, 0.25) is 0 Å². The Labute approximate surface area is 62.6 Å². The van der Waals surface area contributed by atoms with Crippen molar-refractivity contribution in [1.29, 1.82) is 0 Å². The summed E-state index contributed by atoms with van der Waals surface area (Å²) in [6.07, 6.45) is 1.38. The average molecular weight is 166 g/mol. The molecule has 9 heavy (non-hydrogen) atoms. The van der Waals surface area contributed by atoms with E-state index in [4.69, 9.17) is 28.9 Å². The molecule has 0 radical (unpaired) electrons. The number of halogens is 2. The van der Waals surface area contributed by atoms with E-state index in [1.165, 1.54) is 6.21 Å². The number of aliphatic imine (C=N–C) groups is 2. The van der Waals surface area contributed by atoms with Crippen LogP contribution in [0, 0.1) is 0 Å². The zero-order valence-corrected chi connectivity index (χ0v) is 6.02. The van der Waals surface area contributed by atoms with Crippen LogP contribution in [-0.4, -0.2) is 23.1 Å². The fraction of sp³-hybridized carbons (Fsp3) is 0.500. The third kappa shape index (κ3) is 1.41. The first-order valence-corrected chi connectivity index (χ1v) is 3.08. The fourth-order valence-corrected chi connectivity index (χ4v) is 0.682. The summed E-state index contributed by atoms with van der Waals surface area (Å²) in [6.45, 7) is 0.324. The molecule has 3 nitrogen and oxygen atoms in total. The maximum atomic E-state index is 5.59. The summed E-state index contributed by atoms with van der Waals surface area (Å²) < 4.78 is 0. The van der Waals surface area contributed by atoms with Gasteiger partial charge in [-0.1, -0.05) is 23.2 Å². The highest BCUT2D eigenvalue weighted by molar-refractivity contribution is 6.75. The Balaban J connectivity index is 2.83. The second-order valence-electron chi connectivity index (χ2n) is 1.67. The summed E-state index contributed by atoms with van der Waals surface area (Å²) in [5, 5.41) is 0.194. The number of nitrogens with zero attached hydrogens (tertiary/aromatic N) is 2. The van der Waals surface area contributed by atoms with Crippen LogP contribution in [-0.2, 0) is 0 Å². The molecule has 0 saturated heterocycles. The molecule has 0 aromatic carbocycles. The zero-order valence-electron chi connectivity index (χ0n) is 4.51. The lowest BCUT2D eigenvalue weighted by atomic mass is 10.3. The van der Waals surface area contributed by atoms with Crippen LogP contribution in [0.15, 0.2) is 9.98 Å². The van der Waals surface area contributed by atoms with E-state index in [-0.39, 0.29) is 5.17 Å². The Morgan fingerprint density at radius 3 is 2.78 bits per heavy atom. The number of rotatable bonds is 0. The summed E-state index contributed by atoms with van der Waals surface area (Å²) in [5.41, 5.74) is 5.37. The number of nitrogens with two attached hydrogens (primary N) is 1. The van der Waals surface area contributed by atoms with Gasteiger partial charge in [-0.15, -0.1) is 0 Å². The van der Waals surface area contributed by atoms with Crippen LogP contribution < -0.4 is 5.73 Å². The van der Waals surface area contributed by atoms with Gasteiger partial charge in [0.25, 0.3) is 0 Å². The molecule has 1 atom stereocenters. The molecule has 2 N–H and O–H groups in total. The van der Waals surface area contributed by atoms with Crippen molar-refractivity contribution >= 4 is 34.6 Å². The molecule has 0 spiro atoms. The van der Waals surface area contributed by atoms with Crippen molar-refractivity contribution < 1.29 is 0 Å². The SMILES string of the molecule is NC1(Cl)C=NCN=C1Cl. The molecule has 0 saturated carbocycles. The van der Waals surface area contributed by atoms with Gasteiger partial charge in [0.1, 0.15) is 11.8 Å². The normalized spacial score (nSPS) is 34.3. The molecule has 1 aliphatic rings. The minimum absolute atomic E-state index is 0.194. The van der Waals surface area contributed by atoms with Gasteiger partial charge in [-0.25, -0.2) is 0 Å². The molecule has 0 fully saturated rings. The molecule has 1 heterocycles. The molecule has 50 valence electrons. The van der Waals surface area contributed by atoms with Gasteiger partial charge in [-0.05, 0) is 0 Å². The van der Waals surface area contributed by atoms with E-state index in [1.54, 1.807) is 0 Å². The number of alkyl halides is 1. The Morgan fingerprint density at radius 2 is 2.44 bits per heavy atom. The van der Waals surface area contributed by atoms with Gasteiger partial charge in [0.05, 0.1) is 0 Å². The van der Waals surface area contributed by atoms with E-state index >= 15 is 0 Å². The Hall–Kier alpha value is -0.120. The van der Waals surface area contributed by atoms with Crippen molar-refractivity contribution in [3.8, 4) is 0 Å². The van der Waals surface area contributed by atoms with E-state index < -0.39 is 5.00 Å². The van der Waals surface area contributed by atoms with Gasteiger partial charge < -0.3 is 5.73 Å². The van der Waals surface area contributed by atoms with Crippen LogP contribution in [0.25, 0.3) is 0 Å². The molecule has 0 amide bonds. The van der Waals surface area contributed by atoms with Gasteiger partial charge in [-0.3, -0.25) is 9.98 Å². The minimum Gasteiger partial charge on any atom is -0.302 e. The van der Waals surface area contributed by atoms with E-state index in [2.05, 4.69) is 9.98 Å². The molecule has 1 rings (SSSR count). The molecule has 0 aliphatic carbocycles. The van der Waals surface area contributed by atoms with Crippen molar-refractivity contribution in [1.82, 2.24) is 0 Å². The van der Waals surface area contributed by atoms with E-state index in [9.17, 15) is 0 Å². The predicted molar refractivity (Wildman–Crippen MR) is 39.4 cm³/mol. The smallest absolute Gasteiger partial charge is 0.180 e. The minimum atomic E-state index is -1.17. The third-order valence-electron chi connectivity index (χ3n) is 0.887. The van der Waals surface area contributed by atoms with Crippen molar-refractivity contribution in [2.75, 3.05) is 6.67 Å². The summed E-state index contributed by atoms with van der Waals surface area (Å²) in [5.74, 6) is 0. The quantitative estimate of drug-likeness (QED) is 0.414. The molecular formula is C4H5Cl2N3. The number of hydrogen-bond acceptors (Lipinski definition) is 3. The first kappa shape index (κ1) is 6.99. The summed E-state index contributed by atoms with van der Waals surface area (Å²) in [4.78, 5) is 6.27. The van der Waals surface area contributed by atoms with Crippen LogP contribution in [0.3, 0.4) is 0 Å². The molecular weight excluding hydrogens is 161 g/mol. The average Bonchev–Trinajstić information content (AvgIpc) is 1.77. The summed E-state index contributed by atoms with van der Waals surface area (Å²) in [6, 6.07) is 0. The standard InChI is InChI=1S/C4H5Cl2N3/c5-3-4(6,7)1-8-2-9-3/h1H,2,7H2. The Bertz CT molecular complexity index is 173. The van der Waals surface area contributed by atoms with Crippen LogP contribution in [0.5, 0.6) is 0 Å². The Kier molecular flexibility index (Phi) is 1.75. The lowest BCUT2D eigenvalue weighted by Crippen LogP contribution is -2.42. The lowest BCUT2D eigenvalue weighted by Gasteiger charge is -2.16. The molecule has 0 aromatic heterocycles. The topological polar surface area (TPSA) is 50.7 Å². The van der Waals surface area contributed by atoms with Crippen LogP contribution in [0.4, 0.5) is 0 Å². The van der Waals surface area contributed by atoms with E-state index in [0.717, 1.165) is 0 Å². The Morgan fingerprint density at radius 1 is 1.78 bits per heavy atom. The number of hydrogen-bond donors (Lipinski definition) is 1. The van der Waals surface area contributed by atoms with Crippen LogP contribution in [0.1, 0.15) is 0 Å². The highest BCUT2D eigenvalue weighted by Crippen LogP contribution is 2.13. The van der Waals surface area contributed by atoms with Gasteiger partial charge in [0.2, 0.25) is 0 Å². The summed E-state index contributed by atoms with van der Waals surface area (Å²) >= 11 is 11.1. The van der Waals surface area contributed by atoms with Crippen molar-refractivity contribution in [3.63, 3.8) is 0 Å². The van der Waals surface area contributed by atoms with Crippen LogP contribution >= 0.6 is 23.2 Å². The van der Waals surface area contributed by atoms with Crippen molar-refractivity contribution in [2.45, 2.75) is 5.00 Å². The van der Waals surface area contributed by atoms with Crippen molar-refractivity contribution in [3.05, 3.63) is 0 Å². The molecule has 1 unspecified atom stereocenters. The second-order valence-corrected chi connectivity index (χ2v) is 2.65. The van der Waals surface area contributed by atoms with Crippen molar-refractivity contribution in [2.24, 2.45) is 15.7 Å². The van der Waals surface area contributed by atoms with E-state index in [0.29, 0.717) is 6.67 Å². The summed E-state index contributed by atoms with van der Waals surface area (Å²) in [7, 11) is 0. The van der Waals surface area contributed by atoms with Gasteiger partial charge in [0.15, 0.2) is 5.00 Å². The molecule has 0 bridgehead atoms. The first-order chi connectivity index (χ1) is 4.13. The molecule has 1 aliphatic heterocycles.